The number of fused-ring (bicyclic) bond motifs is 1. The van der Waals surface area contributed by atoms with Gasteiger partial charge in [-0.3, -0.25) is 4.79 Å². The van der Waals surface area contributed by atoms with Crippen LogP contribution >= 0.6 is 0 Å². The van der Waals surface area contributed by atoms with Gasteiger partial charge in [-0.1, -0.05) is 12.1 Å². The Balaban J connectivity index is 2.02. The lowest BCUT2D eigenvalue weighted by atomic mass is 10.1. The highest BCUT2D eigenvalue weighted by molar-refractivity contribution is 5.96. The molecule has 0 radical (unpaired) electrons. The van der Waals surface area contributed by atoms with Crippen LogP contribution in [0.4, 0.5) is 10.2 Å². The first-order chi connectivity index (χ1) is 9.13. The molecule has 96 valence electrons. The van der Waals surface area contributed by atoms with Crippen molar-refractivity contribution in [3.05, 3.63) is 42.3 Å². The number of nitrogens with zero attached hydrogens (tertiary/aromatic N) is 1. The SMILES string of the molecule is CC1Oc2cc(-c3cccc(F)c3)cnc2NC1=O. The maximum Gasteiger partial charge on any atom is 0.266 e. The van der Waals surface area contributed by atoms with E-state index in [1.54, 1.807) is 31.3 Å². The lowest BCUT2D eigenvalue weighted by molar-refractivity contribution is -0.122. The summed E-state index contributed by atoms with van der Waals surface area (Å²) in [5.41, 5.74) is 1.45. The molecule has 1 atom stereocenters. The van der Waals surface area contributed by atoms with E-state index >= 15 is 0 Å². The Morgan fingerprint density at radius 2 is 2.16 bits per heavy atom. The van der Waals surface area contributed by atoms with Crippen molar-refractivity contribution in [2.45, 2.75) is 13.0 Å². The smallest absolute Gasteiger partial charge is 0.266 e. The average molecular weight is 258 g/mol. The third-order valence-corrected chi connectivity index (χ3v) is 2.93. The fourth-order valence-corrected chi connectivity index (χ4v) is 1.92. The number of amides is 1. The van der Waals surface area contributed by atoms with Gasteiger partial charge in [0.05, 0.1) is 0 Å². The molecule has 4 nitrogen and oxygen atoms in total. The van der Waals surface area contributed by atoms with Gasteiger partial charge < -0.3 is 10.1 Å². The largest absolute Gasteiger partial charge is 0.477 e. The molecule has 5 heteroatoms. The number of halogens is 1. The quantitative estimate of drug-likeness (QED) is 0.855. The van der Waals surface area contributed by atoms with Crippen molar-refractivity contribution in [3.63, 3.8) is 0 Å². The van der Waals surface area contributed by atoms with E-state index in [9.17, 15) is 9.18 Å². The van der Waals surface area contributed by atoms with Gasteiger partial charge in [-0.2, -0.15) is 0 Å². The Bertz CT molecular complexity index is 658. The predicted octanol–water partition coefficient (Wildman–Crippen LogP) is 2.61. The molecule has 0 saturated carbocycles. The van der Waals surface area contributed by atoms with Crippen LogP contribution in [0.2, 0.25) is 0 Å². The number of aromatic nitrogens is 1. The van der Waals surface area contributed by atoms with E-state index in [2.05, 4.69) is 10.3 Å². The molecule has 1 aliphatic rings. The van der Waals surface area contributed by atoms with Crippen molar-refractivity contribution >= 4 is 11.7 Å². The molecule has 1 aromatic heterocycles. The second-order valence-electron chi connectivity index (χ2n) is 4.33. The number of ether oxygens (including phenoxy) is 1. The van der Waals surface area contributed by atoms with E-state index in [4.69, 9.17) is 4.74 Å². The number of anilines is 1. The van der Waals surface area contributed by atoms with E-state index in [1.165, 1.54) is 12.1 Å². The van der Waals surface area contributed by atoms with Gasteiger partial charge in [-0.25, -0.2) is 9.37 Å². The molecule has 2 aromatic rings. The third-order valence-electron chi connectivity index (χ3n) is 2.93. The molecule has 0 fully saturated rings. The minimum Gasteiger partial charge on any atom is -0.477 e. The molecule has 1 aliphatic heterocycles. The van der Waals surface area contributed by atoms with Gasteiger partial charge in [0.25, 0.3) is 5.91 Å². The maximum absolute atomic E-state index is 13.2. The Hall–Kier alpha value is -2.43. The fourth-order valence-electron chi connectivity index (χ4n) is 1.92. The second-order valence-corrected chi connectivity index (χ2v) is 4.33. The van der Waals surface area contributed by atoms with Crippen molar-refractivity contribution in [2.24, 2.45) is 0 Å². The normalized spacial score (nSPS) is 17.4. The zero-order valence-corrected chi connectivity index (χ0v) is 10.2. The highest BCUT2D eigenvalue weighted by Crippen LogP contribution is 2.32. The van der Waals surface area contributed by atoms with Gasteiger partial charge in [0.1, 0.15) is 5.82 Å². The van der Waals surface area contributed by atoms with Crippen LogP contribution in [0.25, 0.3) is 11.1 Å². The predicted molar refractivity (Wildman–Crippen MR) is 68.4 cm³/mol. The number of nitrogens with one attached hydrogen (secondary N) is 1. The first kappa shape index (κ1) is 11.6. The summed E-state index contributed by atoms with van der Waals surface area (Å²) in [6, 6.07) is 7.97. The topological polar surface area (TPSA) is 51.2 Å². The van der Waals surface area contributed by atoms with Gasteiger partial charge in [-0.15, -0.1) is 0 Å². The molecule has 1 amide bonds. The van der Waals surface area contributed by atoms with Crippen LogP contribution in [-0.2, 0) is 4.79 Å². The summed E-state index contributed by atoms with van der Waals surface area (Å²) in [5, 5.41) is 2.65. The van der Waals surface area contributed by atoms with Gasteiger partial charge in [0.15, 0.2) is 17.7 Å². The third kappa shape index (κ3) is 2.14. The van der Waals surface area contributed by atoms with Crippen molar-refractivity contribution in [2.75, 3.05) is 5.32 Å². The highest BCUT2D eigenvalue weighted by Gasteiger charge is 2.24. The van der Waals surface area contributed by atoms with Gasteiger partial charge in [0.2, 0.25) is 0 Å². The van der Waals surface area contributed by atoms with Crippen LogP contribution in [0.5, 0.6) is 5.75 Å². The molecule has 1 aromatic carbocycles. The standard InChI is InChI=1S/C14H11FN2O2/c1-8-14(18)17-13-12(19-8)6-10(7-16-13)9-3-2-4-11(15)5-9/h2-8H,1H3,(H,16,17,18). The molecule has 2 heterocycles. The molecule has 0 bridgehead atoms. The van der Waals surface area contributed by atoms with Crippen molar-refractivity contribution in [1.82, 2.24) is 4.98 Å². The molecule has 0 saturated heterocycles. The zero-order valence-electron chi connectivity index (χ0n) is 10.2. The molecule has 1 unspecified atom stereocenters. The number of carbonyl (C=O) groups excluding carboxylic acids is 1. The van der Waals surface area contributed by atoms with E-state index in [0.29, 0.717) is 17.1 Å². The number of rotatable bonds is 1. The molecule has 1 N–H and O–H groups in total. The molecular formula is C14H11FN2O2. The van der Waals surface area contributed by atoms with Crippen LogP contribution in [0, 0.1) is 5.82 Å². The number of hydrogen-bond acceptors (Lipinski definition) is 3. The minimum atomic E-state index is -0.558. The molecule has 19 heavy (non-hydrogen) atoms. The van der Waals surface area contributed by atoms with Crippen molar-refractivity contribution in [1.29, 1.82) is 0 Å². The summed E-state index contributed by atoms with van der Waals surface area (Å²) >= 11 is 0. The Morgan fingerprint density at radius 1 is 1.32 bits per heavy atom. The average Bonchev–Trinajstić information content (AvgIpc) is 2.39. The maximum atomic E-state index is 13.2. The molecular weight excluding hydrogens is 247 g/mol. The van der Waals surface area contributed by atoms with E-state index < -0.39 is 6.10 Å². The Labute approximate surface area is 109 Å². The Morgan fingerprint density at radius 3 is 2.95 bits per heavy atom. The number of pyridine rings is 1. The summed E-state index contributed by atoms with van der Waals surface area (Å²) in [7, 11) is 0. The molecule has 0 aliphatic carbocycles. The summed E-state index contributed by atoms with van der Waals surface area (Å²) in [5.74, 6) is 0.355. The number of benzene rings is 1. The zero-order chi connectivity index (χ0) is 13.4. The van der Waals surface area contributed by atoms with Gasteiger partial charge in [0, 0.05) is 11.8 Å². The van der Waals surface area contributed by atoms with Crippen LogP contribution in [0.1, 0.15) is 6.92 Å². The molecule has 0 spiro atoms. The minimum absolute atomic E-state index is 0.224. The number of hydrogen-bond donors (Lipinski definition) is 1. The highest BCUT2D eigenvalue weighted by atomic mass is 19.1. The monoisotopic (exact) mass is 258 g/mol. The molecule has 3 rings (SSSR count). The summed E-state index contributed by atoms with van der Waals surface area (Å²) in [6.45, 7) is 1.66. The fraction of sp³-hybridized carbons (Fsp3) is 0.143. The first-order valence-electron chi connectivity index (χ1n) is 5.87. The summed E-state index contributed by atoms with van der Waals surface area (Å²) in [6.07, 6.45) is 1.02. The first-order valence-corrected chi connectivity index (χ1v) is 5.87. The van der Waals surface area contributed by atoms with E-state index in [1.807, 2.05) is 0 Å². The van der Waals surface area contributed by atoms with Crippen LogP contribution < -0.4 is 10.1 Å². The van der Waals surface area contributed by atoms with Gasteiger partial charge in [-0.05, 0) is 30.7 Å². The Kier molecular flexibility index (Phi) is 2.67. The lowest BCUT2D eigenvalue weighted by Gasteiger charge is -2.22. The van der Waals surface area contributed by atoms with E-state index in [0.717, 1.165) is 5.56 Å². The lowest BCUT2D eigenvalue weighted by Crippen LogP contribution is -2.34. The van der Waals surface area contributed by atoms with Crippen LogP contribution in [-0.4, -0.2) is 17.0 Å². The summed E-state index contributed by atoms with van der Waals surface area (Å²) < 4.78 is 18.7. The van der Waals surface area contributed by atoms with Crippen molar-refractivity contribution in [3.8, 4) is 16.9 Å². The second kappa shape index (κ2) is 4.35. The van der Waals surface area contributed by atoms with Gasteiger partial charge >= 0.3 is 0 Å². The van der Waals surface area contributed by atoms with Crippen LogP contribution in [0.3, 0.4) is 0 Å². The van der Waals surface area contributed by atoms with Crippen LogP contribution in [0.15, 0.2) is 36.5 Å². The van der Waals surface area contributed by atoms with Crippen molar-refractivity contribution < 1.29 is 13.9 Å². The number of carbonyl (C=O) groups is 1. The van der Waals surface area contributed by atoms with E-state index in [-0.39, 0.29) is 11.7 Å². The summed E-state index contributed by atoms with van der Waals surface area (Å²) in [4.78, 5) is 15.6.